The lowest BCUT2D eigenvalue weighted by molar-refractivity contribution is 0.137. The fourth-order valence-electron chi connectivity index (χ4n) is 3.08. The highest BCUT2D eigenvalue weighted by Crippen LogP contribution is 2.34. The van der Waals surface area contributed by atoms with Crippen LogP contribution in [0.4, 0.5) is 4.79 Å². The molecule has 0 saturated carbocycles. The van der Waals surface area contributed by atoms with Crippen molar-refractivity contribution in [3.63, 3.8) is 0 Å². The van der Waals surface area contributed by atoms with Crippen molar-refractivity contribution >= 4 is 6.03 Å². The maximum atomic E-state index is 11.8. The lowest BCUT2D eigenvalue weighted by atomic mass is 9.83. The molecule has 1 fully saturated rings. The zero-order valence-electron chi connectivity index (χ0n) is 9.50. The Bertz CT molecular complexity index is 523. The first-order valence-electron chi connectivity index (χ1n) is 5.89. The second-order valence-corrected chi connectivity index (χ2v) is 4.94. The van der Waals surface area contributed by atoms with Gasteiger partial charge in [-0.3, -0.25) is 4.79 Å². The minimum atomic E-state index is -0.355. The quantitative estimate of drug-likeness (QED) is 0.702. The number of piperidine rings is 1. The number of fused-ring (bicyclic) bond motifs is 4. The van der Waals surface area contributed by atoms with Gasteiger partial charge in [-0.1, -0.05) is 6.07 Å². The molecule has 2 atom stereocenters. The molecule has 1 aromatic rings. The van der Waals surface area contributed by atoms with Crippen LogP contribution in [-0.4, -0.2) is 28.6 Å². The smallest absolute Gasteiger partial charge is 0.314 e. The summed E-state index contributed by atoms with van der Waals surface area (Å²) < 4.78 is 1.84. The third-order valence-electron chi connectivity index (χ3n) is 3.79. The highest BCUT2D eigenvalue weighted by molar-refractivity contribution is 5.72. The summed E-state index contributed by atoms with van der Waals surface area (Å²) in [5, 5.41) is 0. The van der Waals surface area contributed by atoms with Crippen molar-refractivity contribution in [1.82, 2.24) is 9.47 Å². The second-order valence-electron chi connectivity index (χ2n) is 4.94. The van der Waals surface area contributed by atoms with Crippen LogP contribution in [0.25, 0.3) is 0 Å². The summed E-state index contributed by atoms with van der Waals surface area (Å²) in [6.07, 6.45) is 1.05. The van der Waals surface area contributed by atoms with Gasteiger partial charge in [-0.25, -0.2) is 4.79 Å². The van der Waals surface area contributed by atoms with E-state index in [9.17, 15) is 9.59 Å². The van der Waals surface area contributed by atoms with Crippen LogP contribution in [0.2, 0.25) is 0 Å². The number of amides is 2. The van der Waals surface area contributed by atoms with E-state index in [1.165, 1.54) is 0 Å². The minimum Gasteiger partial charge on any atom is -0.351 e. The van der Waals surface area contributed by atoms with Crippen LogP contribution in [0, 0.1) is 5.92 Å². The largest absolute Gasteiger partial charge is 0.351 e. The molecule has 2 aliphatic heterocycles. The van der Waals surface area contributed by atoms with Gasteiger partial charge in [0.05, 0.1) is 0 Å². The van der Waals surface area contributed by atoms with E-state index in [4.69, 9.17) is 5.73 Å². The predicted octanol–water partition coefficient (Wildman–Crippen LogP) is 0.346. The van der Waals surface area contributed by atoms with E-state index in [0.29, 0.717) is 25.6 Å². The number of nitrogens with zero attached hydrogens (tertiary/aromatic N) is 2. The van der Waals surface area contributed by atoms with Crippen molar-refractivity contribution in [2.45, 2.75) is 18.9 Å². The normalized spacial score (nSPS) is 26.5. The summed E-state index contributed by atoms with van der Waals surface area (Å²) >= 11 is 0. The van der Waals surface area contributed by atoms with Crippen LogP contribution in [-0.2, 0) is 6.54 Å². The number of hydrogen-bond acceptors (Lipinski definition) is 2. The van der Waals surface area contributed by atoms with Gasteiger partial charge in [-0.15, -0.1) is 0 Å². The molecule has 2 amide bonds. The zero-order valence-corrected chi connectivity index (χ0v) is 9.50. The molecule has 90 valence electrons. The van der Waals surface area contributed by atoms with Crippen LogP contribution in [0.1, 0.15) is 18.0 Å². The number of carbonyl (C=O) groups is 1. The van der Waals surface area contributed by atoms with Crippen molar-refractivity contribution in [2.75, 3.05) is 13.1 Å². The molecule has 3 rings (SSSR count). The highest BCUT2D eigenvalue weighted by atomic mass is 16.2. The van der Waals surface area contributed by atoms with Gasteiger partial charge in [0.2, 0.25) is 0 Å². The number of hydrogen-bond donors (Lipinski definition) is 1. The van der Waals surface area contributed by atoms with Crippen molar-refractivity contribution < 1.29 is 4.79 Å². The van der Waals surface area contributed by atoms with Crippen LogP contribution in [0.3, 0.4) is 0 Å². The zero-order chi connectivity index (χ0) is 12.0. The second kappa shape index (κ2) is 3.61. The molecule has 2 bridgehead atoms. The number of nitrogens with two attached hydrogens (primary N) is 1. The topological polar surface area (TPSA) is 68.3 Å². The van der Waals surface area contributed by atoms with Gasteiger partial charge in [-0.05, 0) is 18.4 Å². The van der Waals surface area contributed by atoms with Crippen LogP contribution in [0.15, 0.2) is 23.0 Å². The molecule has 3 heterocycles. The lowest BCUT2D eigenvalue weighted by Gasteiger charge is -2.42. The van der Waals surface area contributed by atoms with Crippen LogP contribution in [0.5, 0.6) is 0 Å². The lowest BCUT2D eigenvalue weighted by Crippen LogP contribution is -2.50. The van der Waals surface area contributed by atoms with E-state index in [2.05, 4.69) is 0 Å². The van der Waals surface area contributed by atoms with Crippen molar-refractivity contribution in [3.05, 3.63) is 34.2 Å². The fraction of sp³-hybridized carbons (Fsp3) is 0.500. The van der Waals surface area contributed by atoms with Gasteiger partial charge in [0, 0.05) is 37.3 Å². The first-order valence-corrected chi connectivity index (χ1v) is 5.89. The van der Waals surface area contributed by atoms with E-state index >= 15 is 0 Å². The Kier molecular flexibility index (Phi) is 2.21. The monoisotopic (exact) mass is 233 g/mol. The fourth-order valence-corrected chi connectivity index (χ4v) is 3.08. The summed E-state index contributed by atoms with van der Waals surface area (Å²) in [4.78, 5) is 24.7. The number of pyridine rings is 1. The summed E-state index contributed by atoms with van der Waals surface area (Å²) in [5.41, 5.74) is 6.44. The molecule has 5 nitrogen and oxygen atoms in total. The van der Waals surface area contributed by atoms with Crippen LogP contribution < -0.4 is 11.3 Å². The number of urea groups is 1. The summed E-state index contributed by atoms with van der Waals surface area (Å²) in [5.74, 6) is 0.609. The Morgan fingerprint density at radius 2 is 2.12 bits per heavy atom. The molecular formula is C12H15N3O2. The summed E-state index contributed by atoms with van der Waals surface area (Å²) in [6.45, 7) is 2.01. The van der Waals surface area contributed by atoms with Gasteiger partial charge in [-0.2, -0.15) is 0 Å². The van der Waals surface area contributed by atoms with E-state index in [-0.39, 0.29) is 17.5 Å². The van der Waals surface area contributed by atoms with Crippen molar-refractivity contribution in [3.8, 4) is 0 Å². The minimum absolute atomic E-state index is 0.0599. The van der Waals surface area contributed by atoms with Gasteiger partial charge in [0.25, 0.3) is 5.56 Å². The molecule has 5 heteroatoms. The molecule has 17 heavy (non-hydrogen) atoms. The molecule has 0 aromatic carbocycles. The van der Waals surface area contributed by atoms with E-state index in [1.54, 1.807) is 17.0 Å². The van der Waals surface area contributed by atoms with Crippen LogP contribution >= 0.6 is 0 Å². The molecular weight excluding hydrogens is 218 g/mol. The Labute approximate surface area is 98.8 Å². The summed E-state index contributed by atoms with van der Waals surface area (Å²) in [7, 11) is 0. The van der Waals surface area contributed by atoms with Gasteiger partial charge in [0.1, 0.15) is 0 Å². The Hall–Kier alpha value is -1.78. The number of rotatable bonds is 0. The standard InChI is InChI=1S/C12H15N3O2/c13-12(17)14-5-8-4-9(7-14)10-2-1-3-11(16)15(10)6-8/h1-3,8-9H,4-7H2,(H2,13,17)/t8-,9+/m1/s1. The molecule has 0 spiro atoms. The molecule has 2 N–H and O–H groups in total. The number of aromatic nitrogens is 1. The Morgan fingerprint density at radius 3 is 2.88 bits per heavy atom. The first-order chi connectivity index (χ1) is 8.15. The highest BCUT2D eigenvalue weighted by Gasteiger charge is 2.35. The van der Waals surface area contributed by atoms with Crippen molar-refractivity contribution in [1.29, 1.82) is 0 Å². The number of carbonyl (C=O) groups excluding carboxylic acids is 1. The maximum Gasteiger partial charge on any atom is 0.314 e. The van der Waals surface area contributed by atoms with Crippen molar-refractivity contribution in [2.24, 2.45) is 11.7 Å². The Morgan fingerprint density at radius 1 is 1.29 bits per heavy atom. The number of primary amides is 1. The predicted molar refractivity (Wildman–Crippen MR) is 62.7 cm³/mol. The third kappa shape index (κ3) is 1.62. The average Bonchev–Trinajstić information content (AvgIpc) is 2.30. The van der Waals surface area contributed by atoms with Gasteiger partial charge in [0.15, 0.2) is 0 Å². The van der Waals surface area contributed by atoms with Gasteiger partial charge < -0.3 is 15.2 Å². The average molecular weight is 233 g/mol. The van der Waals surface area contributed by atoms with E-state index < -0.39 is 0 Å². The number of likely N-dealkylation sites (tertiary alicyclic amines) is 1. The van der Waals surface area contributed by atoms with Gasteiger partial charge >= 0.3 is 6.03 Å². The molecule has 0 unspecified atom stereocenters. The molecule has 2 aliphatic rings. The maximum absolute atomic E-state index is 11.8. The molecule has 0 aliphatic carbocycles. The summed E-state index contributed by atoms with van der Waals surface area (Å²) in [6, 6.07) is 5.01. The molecule has 1 saturated heterocycles. The third-order valence-corrected chi connectivity index (χ3v) is 3.79. The van der Waals surface area contributed by atoms with E-state index in [1.807, 2.05) is 10.6 Å². The van der Waals surface area contributed by atoms with E-state index in [0.717, 1.165) is 12.1 Å². The first kappa shape index (κ1) is 10.4. The Balaban J connectivity index is 2.01. The SMILES string of the molecule is NC(=O)N1C[C@H]2C[C@@H](C1)c1cccc(=O)n1C2. The molecule has 1 aromatic heterocycles. The molecule has 0 radical (unpaired) electrons.